The molecule has 42 heavy (non-hydrogen) atoms. The summed E-state index contributed by atoms with van der Waals surface area (Å²) >= 11 is 0. The Morgan fingerprint density at radius 3 is 1.57 bits per heavy atom. The highest BCUT2D eigenvalue weighted by Crippen LogP contribution is 2.32. The Labute approximate surface area is 243 Å². The molecule has 0 aliphatic carbocycles. The van der Waals surface area contributed by atoms with Gasteiger partial charge in [0.15, 0.2) is 5.82 Å². The summed E-state index contributed by atoms with van der Waals surface area (Å²) in [6, 6.07) is 47.8. The summed E-state index contributed by atoms with van der Waals surface area (Å²) in [5, 5.41) is 4.46. The van der Waals surface area contributed by atoms with Crippen molar-refractivity contribution in [2.24, 2.45) is 0 Å². The first-order valence-corrected chi connectivity index (χ1v) is 14.0. The van der Waals surface area contributed by atoms with E-state index < -0.39 is 0 Å². The number of hydrogen-bond acceptors (Lipinski definition) is 4. The van der Waals surface area contributed by atoms with E-state index in [1.807, 2.05) is 48.7 Å². The molecular weight excluding hydrogens is 512 g/mol. The molecule has 8 rings (SSSR count). The predicted octanol–water partition coefficient (Wildman–Crippen LogP) is 9.39. The van der Waals surface area contributed by atoms with Crippen molar-refractivity contribution in [1.82, 2.24) is 19.9 Å². The van der Waals surface area contributed by atoms with Gasteiger partial charge in [-0.3, -0.25) is 4.98 Å². The molecule has 4 heteroatoms. The van der Waals surface area contributed by atoms with E-state index in [0.717, 1.165) is 71.9 Å². The number of aromatic nitrogens is 4. The first kappa shape index (κ1) is 24.1. The first-order valence-electron chi connectivity index (χ1n) is 14.0. The van der Waals surface area contributed by atoms with Gasteiger partial charge in [0.1, 0.15) is 0 Å². The summed E-state index contributed by atoms with van der Waals surface area (Å²) in [4.78, 5) is 19.7. The van der Waals surface area contributed by atoms with Crippen LogP contribution in [0.4, 0.5) is 0 Å². The van der Waals surface area contributed by atoms with Crippen LogP contribution >= 0.6 is 0 Å². The molecule has 196 valence electrons. The Morgan fingerprint density at radius 1 is 0.357 bits per heavy atom. The quantitative estimate of drug-likeness (QED) is 0.210. The van der Waals surface area contributed by atoms with Crippen molar-refractivity contribution in [3.05, 3.63) is 146 Å². The zero-order chi connectivity index (χ0) is 27.9. The van der Waals surface area contributed by atoms with Crippen LogP contribution in [0.2, 0.25) is 0 Å². The Hall–Kier alpha value is -5.74. The van der Waals surface area contributed by atoms with Crippen LogP contribution in [0.5, 0.6) is 0 Å². The number of fused-ring (bicyclic) bond motifs is 5. The molecule has 0 atom stereocenters. The molecule has 0 N–H and O–H groups in total. The van der Waals surface area contributed by atoms with Gasteiger partial charge in [0.2, 0.25) is 0 Å². The second kappa shape index (κ2) is 10.0. The van der Waals surface area contributed by atoms with Gasteiger partial charge in [-0.1, -0.05) is 121 Å². The molecule has 0 saturated carbocycles. The SMILES string of the molecule is c1ccc(-c2cc(-c3ccccc3)nc(-c3ccc(-c4ccc5ccc6c(ccc7cccnc76)c5n4)cc3)n2)cc1. The molecule has 0 saturated heterocycles. The van der Waals surface area contributed by atoms with Crippen LogP contribution in [-0.2, 0) is 0 Å². The van der Waals surface area contributed by atoms with Crippen molar-refractivity contribution in [2.75, 3.05) is 0 Å². The molecular formula is C38H24N4. The summed E-state index contributed by atoms with van der Waals surface area (Å²) in [5.41, 5.74) is 8.82. The van der Waals surface area contributed by atoms with E-state index in [4.69, 9.17) is 15.0 Å². The molecule has 0 spiro atoms. The lowest BCUT2D eigenvalue weighted by molar-refractivity contribution is 1.18. The molecule has 5 aromatic carbocycles. The fourth-order valence-electron chi connectivity index (χ4n) is 5.58. The smallest absolute Gasteiger partial charge is 0.160 e. The highest BCUT2D eigenvalue weighted by Gasteiger charge is 2.12. The molecule has 3 aromatic heterocycles. The molecule has 0 fully saturated rings. The highest BCUT2D eigenvalue weighted by molar-refractivity contribution is 6.14. The number of nitrogens with zero attached hydrogens (tertiary/aromatic N) is 4. The third-order valence-corrected chi connectivity index (χ3v) is 7.73. The third-order valence-electron chi connectivity index (χ3n) is 7.73. The minimum absolute atomic E-state index is 0.693. The van der Waals surface area contributed by atoms with Crippen LogP contribution in [-0.4, -0.2) is 19.9 Å². The number of benzene rings is 5. The van der Waals surface area contributed by atoms with Crippen LogP contribution in [0.3, 0.4) is 0 Å². The fraction of sp³-hybridized carbons (Fsp3) is 0. The summed E-state index contributed by atoms with van der Waals surface area (Å²) in [6.07, 6.45) is 1.85. The van der Waals surface area contributed by atoms with E-state index in [-0.39, 0.29) is 0 Å². The standard InChI is InChI=1S/C38H24N4/c1-3-8-25(9-4-1)34-24-35(26-10-5-2-6-11-26)42-38(41-34)30-15-13-27(14-16-30)33-22-19-29-18-20-31-32(37(29)40-33)21-17-28-12-7-23-39-36(28)31/h1-24H. The topological polar surface area (TPSA) is 51.6 Å². The predicted molar refractivity (Wildman–Crippen MR) is 172 cm³/mol. The van der Waals surface area contributed by atoms with Crippen molar-refractivity contribution in [2.45, 2.75) is 0 Å². The van der Waals surface area contributed by atoms with Crippen LogP contribution < -0.4 is 0 Å². The summed E-state index contributed by atoms with van der Waals surface area (Å²) in [6.45, 7) is 0. The van der Waals surface area contributed by atoms with Crippen molar-refractivity contribution < 1.29 is 0 Å². The Kier molecular flexibility index (Phi) is 5.75. The monoisotopic (exact) mass is 536 g/mol. The molecule has 0 amide bonds. The minimum atomic E-state index is 0.693. The average molecular weight is 537 g/mol. The summed E-state index contributed by atoms with van der Waals surface area (Å²) in [5.74, 6) is 0.693. The van der Waals surface area contributed by atoms with E-state index in [2.05, 4.69) is 102 Å². The molecule has 0 aliphatic rings. The lowest BCUT2D eigenvalue weighted by Crippen LogP contribution is -1.96. The van der Waals surface area contributed by atoms with Crippen LogP contribution in [0.15, 0.2) is 146 Å². The second-order valence-corrected chi connectivity index (χ2v) is 10.3. The Morgan fingerprint density at radius 2 is 0.905 bits per heavy atom. The van der Waals surface area contributed by atoms with Crippen molar-refractivity contribution in [1.29, 1.82) is 0 Å². The van der Waals surface area contributed by atoms with Gasteiger partial charge in [0.25, 0.3) is 0 Å². The maximum Gasteiger partial charge on any atom is 0.160 e. The van der Waals surface area contributed by atoms with Crippen molar-refractivity contribution in [3.63, 3.8) is 0 Å². The van der Waals surface area contributed by atoms with Gasteiger partial charge < -0.3 is 0 Å². The van der Waals surface area contributed by atoms with Gasteiger partial charge in [-0.2, -0.15) is 0 Å². The Balaban J connectivity index is 1.21. The van der Waals surface area contributed by atoms with Gasteiger partial charge in [0, 0.05) is 50.0 Å². The number of pyridine rings is 2. The first-order chi connectivity index (χ1) is 20.8. The lowest BCUT2D eigenvalue weighted by atomic mass is 10.0. The molecule has 0 aliphatic heterocycles. The van der Waals surface area contributed by atoms with Gasteiger partial charge in [0.05, 0.1) is 28.1 Å². The summed E-state index contributed by atoms with van der Waals surface area (Å²) in [7, 11) is 0. The molecule has 4 nitrogen and oxygen atoms in total. The molecule has 0 bridgehead atoms. The minimum Gasteiger partial charge on any atom is -0.256 e. The van der Waals surface area contributed by atoms with Gasteiger partial charge in [-0.15, -0.1) is 0 Å². The zero-order valence-electron chi connectivity index (χ0n) is 22.6. The average Bonchev–Trinajstić information content (AvgIpc) is 3.08. The van der Waals surface area contributed by atoms with Gasteiger partial charge in [-0.25, -0.2) is 15.0 Å². The Bertz CT molecular complexity index is 2170. The molecule has 8 aromatic rings. The van der Waals surface area contributed by atoms with E-state index >= 15 is 0 Å². The van der Waals surface area contributed by atoms with Gasteiger partial charge in [-0.05, 0) is 18.2 Å². The highest BCUT2D eigenvalue weighted by atomic mass is 14.9. The maximum atomic E-state index is 5.13. The van der Waals surface area contributed by atoms with E-state index in [1.54, 1.807) is 0 Å². The van der Waals surface area contributed by atoms with Crippen LogP contribution in [0.1, 0.15) is 0 Å². The zero-order valence-corrected chi connectivity index (χ0v) is 22.6. The van der Waals surface area contributed by atoms with Crippen LogP contribution in [0.25, 0.3) is 77.7 Å². The lowest BCUT2D eigenvalue weighted by Gasteiger charge is -2.10. The largest absolute Gasteiger partial charge is 0.256 e. The van der Waals surface area contributed by atoms with E-state index in [1.165, 1.54) is 0 Å². The molecule has 0 radical (unpaired) electrons. The van der Waals surface area contributed by atoms with Crippen molar-refractivity contribution in [3.8, 4) is 45.2 Å². The fourth-order valence-corrected chi connectivity index (χ4v) is 5.58. The second-order valence-electron chi connectivity index (χ2n) is 10.3. The third kappa shape index (κ3) is 4.27. The molecule has 0 unspecified atom stereocenters. The van der Waals surface area contributed by atoms with Crippen LogP contribution in [0, 0.1) is 0 Å². The van der Waals surface area contributed by atoms with Gasteiger partial charge >= 0.3 is 0 Å². The van der Waals surface area contributed by atoms with Crippen molar-refractivity contribution >= 4 is 32.6 Å². The normalized spacial score (nSPS) is 11.3. The van der Waals surface area contributed by atoms with E-state index in [0.29, 0.717) is 5.82 Å². The maximum absolute atomic E-state index is 5.13. The number of rotatable bonds is 4. The summed E-state index contributed by atoms with van der Waals surface area (Å²) < 4.78 is 0. The van der Waals surface area contributed by atoms with E-state index in [9.17, 15) is 0 Å². The number of hydrogen-bond donors (Lipinski definition) is 0. The molecule has 3 heterocycles.